The van der Waals surface area contributed by atoms with Crippen molar-refractivity contribution in [3.63, 3.8) is 0 Å². The van der Waals surface area contributed by atoms with E-state index in [4.69, 9.17) is 15.9 Å². The number of benzene rings is 1. The van der Waals surface area contributed by atoms with Crippen molar-refractivity contribution in [2.75, 3.05) is 20.2 Å². The van der Waals surface area contributed by atoms with Crippen molar-refractivity contribution in [2.24, 2.45) is 11.7 Å². The number of nitrogens with zero attached hydrogens (tertiary/aromatic N) is 1. The number of amides is 2. The first-order valence-electron chi connectivity index (χ1n) is 10.1. The minimum Gasteiger partial charge on any atom is -0.469 e. The van der Waals surface area contributed by atoms with Gasteiger partial charge in [-0.1, -0.05) is 24.3 Å². The number of nitrogen functional groups attached to an aromatic ring is 1. The third kappa shape index (κ3) is 5.85. The quantitative estimate of drug-likeness (QED) is 0.393. The smallest absolute Gasteiger partial charge is 0.317 e. The number of nitrogens with one attached hydrogen (secondary N) is 2. The molecule has 0 radical (unpaired) electrons. The highest BCUT2D eigenvalue weighted by atomic mass is 35.5. The Hall–Kier alpha value is -2.28. The van der Waals surface area contributed by atoms with Gasteiger partial charge in [0.25, 0.3) is 0 Å². The van der Waals surface area contributed by atoms with E-state index in [2.05, 4.69) is 5.32 Å². The summed E-state index contributed by atoms with van der Waals surface area (Å²) >= 11 is 0. The van der Waals surface area contributed by atoms with Gasteiger partial charge in [0.15, 0.2) is 0 Å². The summed E-state index contributed by atoms with van der Waals surface area (Å²) in [4.78, 5) is 26.1. The van der Waals surface area contributed by atoms with Gasteiger partial charge in [-0.3, -0.25) is 10.2 Å². The molecule has 0 bridgehead atoms. The van der Waals surface area contributed by atoms with Crippen LogP contribution in [0.25, 0.3) is 0 Å². The van der Waals surface area contributed by atoms with Crippen LogP contribution in [0.5, 0.6) is 0 Å². The number of hydrogen-bond acceptors (Lipinski definition) is 4. The van der Waals surface area contributed by atoms with Crippen LogP contribution in [0.3, 0.4) is 0 Å². The van der Waals surface area contributed by atoms with Crippen molar-refractivity contribution >= 4 is 30.2 Å². The second kappa shape index (κ2) is 10.5. The predicted molar refractivity (Wildman–Crippen MR) is 115 cm³/mol. The molecule has 0 unspecified atom stereocenters. The van der Waals surface area contributed by atoms with Gasteiger partial charge in [0.1, 0.15) is 5.84 Å². The average molecular weight is 423 g/mol. The lowest BCUT2D eigenvalue weighted by Crippen LogP contribution is -2.48. The molecule has 2 amide bonds. The van der Waals surface area contributed by atoms with E-state index in [9.17, 15) is 9.59 Å². The molecule has 1 aromatic carbocycles. The molecule has 0 atom stereocenters. The lowest BCUT2D eigenvalue weighted by Gasteiger charge is -2.34. The second-order valence-corrected chi connectivity index (χ2v) is 7.82. The number of urea groups is 1. The van der Waals surface area contributed by atoms with E-state index < -0.39 is 0 Å². The van der Waals surface area contributed by atoms with Crippen LogP contribution in [0, 0.1) is 11.3 Å². The minimum atomic E-state index is -0.136. The van der Waals surface area contributed by atoms with Crippen molar-refractivity contribution in [3.05, 3.63) is 35.4 Å². The number of piperidine rings is 1. The number of carbonyl (C=O) groups is 2. The van der Waals surface area contributed by atoms with Crippen LogP contribution in [0.1, 0.15) is 55.6 Å². The molecule has 1 aromatic rings. The molecule has 2 aliphatic rings. The lowest BCUT2D eigenvalue weighted by atomic mass is 9.86. The summed E-state index contributed by atoms with van der Waals surface area (Å²) in [5.74, 6) is 0.352. The molecule has 3 rings (SSSR count). The summed E-state index contributed by atoms with van der Waals surface area (Å²) in [5.41, 5.74) is 7.49. The Bertz CT molecular complexity index is 709. The van der Waals surface area contributed by atoms with Gasteiger partial charge in [-0.25, -0.2) is 4.79 Å². The van der Waals surface area contributed by atoms with Gasteiger partial charge in [-0.15, -0.1) is 12.4 Å². The number of likely N-dealkylation sites (tertiary alicyclic amines) is 1. The predicted octanol–water partition coefficient (Wildman–Crippen LogP) is 3.01. The van der Waals surface area contributed by atoms with Gasteiger partial charge in [-0.2, -0.15) is 0 Å². The van der Waals surface area contributed by atoms with E-state index >= 15 is 0 Å². The van der Waals surface area contributed by atoms with Crippen LogP contribution in [0.2, 0.25) is 0 Å². The van der Waals surface area contributed by atoms with E-state index in [1.165, 1.54) is 12.7 Å². The topological polar surface area (TPSA) is 109 Å². The van der Waals surface area contributed by atoms with Crippen molar-refractivity contribution in [1.29, 1.82) is 5.41 Å². The fraction of sp³-hybridized carbons (Fsp3) is 0.571. The maximum atomic E-state index is 12.6. The Morgan fingerprint density at radius 3 is 2.17 bits per heavy atom. The summed E-state index contributed by atoms with van der Waals surface area (Å²) in [6.45, 7) is 1.48. The molecule has 2 fully saturated rings. The fourth-order valence-electron chi connectivity index (χ4n) is 4.26. The van der Waals surface area contributed by atoms with E-state index in [1.54, 1.807) is 0 Å². The lowest BCUT2D eigenvalue weighted by molar-refractivity contribution is -0.146. The number of hydrogen-bond donors (Lipinski definition) is 3. The Labute approximate surface area is 178 Å². The normalized spacial score (nSPS) is 22.3. The highest BCUT2D eigenvalue weighted by Gasteiger charge is 2.30. The third-order valence-corrected chi connectivity index (χ3v) is 6.06. The van der Waals surface area contributed by atoms with Gasteiger partial charge < -0.3 is 20.7 Å². The SMILES string of the molecule is COC(=O)C1CCC(NC(=O)N2CCC(c3ccc(C(=N)N)cc3)CC2)CC1.Cl. The van der Waals surface area contributed by atoms with Crippen molar-refractivity contribution in [2.45, 2.75) is 50.5 Å². The Morgan fingerprint density at radius 1 is 1.07 bits per heavy atom. The molecule has 1 saturated heterocycles. The number of halogens is 1. The molecule has 160 valence electrons. The van der Waals surface area contributed by atoms with Gasteiger partial charge >= 0.3 is 12.0 Å². The number of methoxy groups -OCH3 is 1. The monoisotopic (exact) mass is 422 g/mol. The van der Waals surface area contributed by atoms with Crippen LogP contribution in [-0.2, 0) is 9.53 Å². The highest BCUT2D eigenvalue weighted by molar-refractivity contribution is 5.94. The van der Waals surface area contributed by atoms with Crippen molar-refractivity contribution in [3.8, 4) is 0 Å². The average Bonchev–Trinajstić information content (AvgIpc) is 2.74. The molecule has 8 heteroatoms. The molecule has 1 aliphatic heterocycles. The van der Waals surface area contributed by atoms with Crippen molar-refractivity contribution in [1.82, 2.24) is 10.2 Å². The summed E-state index contributed by atoms with van der Waals surface area (Å²) in [6.07, 6.45) is 5.06. The van der Waals surface area contributed by atoms with Crippen LogP contribution in [0.4, 0.5) is 4.79 Å². The van der Waals surface area contributed by atoms with Gasteiger partial charge in [0, 0.05) is 24.7 Å². The molecule has 29 heavy (non-hydrogen) atoms. The first kappa shape index (κ1) is 23.0. The Morgan fingerprint density at radius 2 is 1.66 bits per heavy atom. The standard InChI is InChI=1S/C21H30N4O3.ClH/c1-28-20(26)17-6-8-18(9-7-17)24-21(27)25-12-10-15(11-13-25)14-2-4-16(5-3-14)19(22)23;/h2-5,15,17-18H,6-13H2,1H3,(H3,22,23)(H,24,27);1H. The maximum Gasteiger partial charge on any atom is 0.317 e. The largest absolute Gasteiger partial charge is 0.469 e. The third-order valence-electron chi connectivity index (χ3n) is 6.06. The number of amidine groups is 1. The first-order valence-corrected chi connectivity index (χ1v) is 10.1. The molecule has 0 spiro atoms. The zero-order valence-corrected chi connectivity index (χ0v) is 17.7. The highest BCUT2D eigenvalue weighted by Crippen LogP contribution is 2.29. The number of ether oxygens (including phenoxy) is 1. The van der Waals surface area contributed by atoms with Crippen LogP contribution >= 0.6 is 12.4 Å². The number of nitrogens with two attached hydrogens (primary N) is 1. The first-order chi connectivity index (χ1) is 13.5. The van der Waals surface area contributed by atoms with Crippen LogP contribution in [-0.4, -0.2) is 49.0 Å². The van der Waals surface area contributed by atoms with E-state index in [0.717, 1.165) is 57.2 Å². The maximum absolute atomic E-state index is 12.6. The summed E-state index contributed by atoms with van der Waals surface area (Å²) in [5, 5.41) is 10.6. The number of carbonyl (C=O) groups excluding carboxylic acids is 2. The van der Waals surface area contributed by atoms with Gasteiger partial charge in [0.2, 0.25) is 0 Å². The molecule has 0 aromatic heterocycles. The Balaban J connectivity index is 0.00000300. The zero-order valence-electron chi connectivity index (χ0n) is 16.9. The fourth-order valence-corrected chi connectivity index (χ4v) is 4.26. The molecule has 4 N–H and O–H groups in total. The molecule has 1 saturated carbocycles. The number of esters is 1. The van der Waals surface area contributed by atoms with E-state index in [1.807, 2.05) is 29.2 Å². The minimum absolute atomic E-state index is 0. The van der Waals surface area contributed by atoms with E-state index in [-0.39, 0.29) is 42.2 Å². The molecule has 1 aliphatic carbocycles. The summed E-state index contributed by atoms with van der Waals surface area (Å²) < 4.78 is 4.81. The zero-order chi connectivity index (χ0) is 20.1. The van der Waals surface area contributed by atoms with Crippen LogP contribution < -0.4 is 11.1 Å². The molecule has 1 heterocycles. The summed E-state index contributed by atoms with van der Waals surface area (Å²) in [6, 6.07) is 8.01. The van der Waals surface area contributed by atoms with Crippen molar-refractivity contribution < 1.29 is 14.3 Å². The summed E-state index contributed by atoms with van der Waals surface area (Å²) in [7, 11) is 1.43. The van der Waals surface area contributed by atoms with E-state index in [0.29, 0.717) is 5.92 Å². The molecular weight excluding hydrogens is 392 g/mol. The second-order valence-electron chi connectivity index (χ2n) is 7.82. The molecule has 7 nitrogen and oxygen atoms in total. The van der Waals surface area contributed by atoms with Gasteiger partial charge in [0.05, 0.1) is 13.0 Å². The Kier molecular flexibility index (Phi) is 8.32. The molecular formula is C21H31ClN4O3. The van der Waals surface area contributed by atoms with Crippen LogP contribution in [0.15, 0.2) is 24.3 Å². The van der Waals surface area contributed by atoms with Gasteiger partial charge in [-0.05, 0) is 50.0 Å². The number of rotatable bonds is 4.